The van der Waals surface area contributed by atoms with Crippen molar-refractivity contribution in [1.82, 2.24) is 19.5 Å². The van der Waals surface area contributed by atoms with Gasteiger partial charge >= 0.3 is 6.01 Å². The number of fused-ring (bicyclic) bond motifs is 1. The fraction of sp³-hybridized carbons (Fsp3) is 0.688. The molecule has 4 rings (SSSR count). The van der Waals surface area contributed by atoms with E-state index in [2.05, 4.69) is 20.3 Å². The number of aliphatic hydroxyl groups excluding tert-OH is 2. The average Bonchev–Trinajstić information content (AvgIpc) is 3.30. The molecule has 1 saturated heterocycles. The van der Waals surface area contributed by atoms with E-state index in [0.717, 1.165) is 25.7 Å². The highest BCUT2D eigenvalue weighted by atomic mass is 16.6. The maximum atomic E-state index is 10.4. The average molecular weight is 364 g/mol. The first-order valence-electron chi connectivity index (χ1n) is 8.91. The summed E-state index contributed by atoms with van der Waals surface area (Å²) in [4.78, 5) is 13.1. The van der Waals surface area contributed by atoms with Crippen LogP contribution in [0.4, 0.5) is 11.8 Å². The molecule has 1 aliphatic heterocycles. The summed E-state index contributed by atoms with van der Waals surface area (Å²) in [6.07, 6.45) is 0.784. The van der Waals surface area contributed by atoms with Gasteiger partial charge in [-0.05, 0) is 32.6 Å². The molecule has 1 aliphatic carbocycles. The topological polar surface area (TPSA) is 141 Å². The minimum Gasteiger partial charge on any atom is -0.460 e. The van der Waals surface area contributed by atoms with Crippen LogP contribution in [-0.2, 0) is 4.74 Å². The van der Waals surface area contributed by atoms with Gasteiger partial charge in [0.05, 0.1) is 6.10 Å². The molecule has 2 aliphatic rings. The standard InChI is InChI=1S/C16H24N6O4/c1-7-10(23)11(24)14(25-7)22-13-9(19-15(22)18-2)12(17)20-16(21-13)26-8-5-3-4-6-8/h7-8,10-11,14,23-24H,3-6H2,1-2H3,(H,18,19)(H2,17,20,21)/t7-,10-,11-,14-/m1/s1. The summed E-state index contributed by atoms with van der Waals surface area (Å²) in [5.41, 5.74) is 6.84. The third kappa shape index (κ3) is 2.74. The molecule has 10 heteroatoms. The van der Waals surface area contributed by atoms with E-state index in [0.29, 0.717) is 17.1 Å². The molecule has 0 aromatic carbocycles. The second kappa shape index (κ2) is 6.53. The zero-order chi connectivity index (χ0) is 18.4. The van der Waals surface area contributed by atoms with Gasteiger partial charge < -0.3 is 30.7 Å². The van der Waals surface area contributed by atoms with Crippen molar-refractivity contribution in [2.24, 2.45) is 0 Å². The predicted octanol–water partition coefficient (Wildman–Crippen LogP) is 0.411. The van der Waals surface area contributed by atoms with E-state index in [1.807, 2.05) is 0 Å². The quantitative estimate of drug-likeness (QED) is 0.607. The van der Waals surface area contributed by atoms with Gasteiger partial charge in [0.1, 0.15) is 18.3 Å². The van der Waals surface area contributed by atoms with Crippen molar-refractivity contribution in [1.29, 1.82) is 0 Å². The van der Waals surface area contributed by atoms with Crippen LogP contribution in [0.15, 0.2) is 0 Å². The second-order valence-corrected chi connectivity index (χ2v) is 6.86. The van der Waals surface area contributed by atoms with Crippen molar-refractivity contribution >= 4 is 22.9 Å². The lowest BCUT2D eigenvalue weighted by Crippen LogP contribution is -2.30. The summed E-state index contributed by atoms with van der Waals surface area (Å²) < 4.78 is 13.2. The molecule has 0 bridgehead atoms. The molecule has 0 radical (unpaired) electrons. The third-order valence-electron chi connectivity index (χ3n) is 5.08. The Kier molecular flexibility index (Phi) is 4.33. The summed E-state index contributed by atoms with van der Waals surface area (Å²) in [5.74, 6) is 0.601. The van der Waals surface area contributed by atoms with Crippen LogP contribution in [-0.4, -0.2) is 61.2 Å². The molecule has 2 aromatic rings. The van der Waals surface area contributed by atoms with Crippen LogP contribution < -0.4 is 15.8 Å². The molecule has 0 amide bonds. The monoisotopic (exact) mass is 364 g/mol. The molecule has 2 aromatic heterocycles. The number of hydrogen-bond donors (Lipinski definition) is 4. The number of hydrogen-bond acceptors (Lipinski definition) is 9. The highest BCUT2D eigenvalue weighted by Gasteiger charge is 2.43. The number of anilines is 2. The van der Waals surface area contributed by atoms with Gasteiger partial charge in [-0.3, -0.25) is 4.57 Å². The molecule has 4 atom stereocenters. The Morgan fingerprint density at radius 3 is 2.54 bits per heavy atom. The van der Waals surface area contributed by atoms with Crippen LogP contribution in [0.2, 0.25) is 0 Å². The zero-order valence-electron chi connectivity index (χ0n) is 14.8. The first-order chi connectivity index (χ1) is 12.5. The van der Waals surface area contributed by atoms with E-state index in [4.69, 9.17) is 15.2 Å². The van der Waals surface area contributed by atoms with Gasteiger partial charge in [-0.2, -0.15) is 9.97 Å². The Labute approximate surface area is 150 Å². The molecule has 3 heterocycles. The van der Waals surface area contributed by atoms with Gasteiger partial charge in [0.15, 0.2) is 23.2 Å². The zero-order valence-corrected chi connectivity index (χ0v) is 14.8. The Morgan fingerprint density at radius 2 is 1.92 bits per heavy atom. The smallest absolute Gasteiger partial charge is 0.320 e. The van der Waals surface area contributed by atoms with Gasteiger partial charge in [-0.25, -0.2) is 4.98 Å². The molecular weight excluding hydrogens is 340 g/mol. The second-order valence-electron chi connectivity index (χ2n) is 6.86. The van der Waals surface area contributed by atoms with Crippen LogP contribution in [0.25, 0.3) is 11.2 Å². The van der Waals surface area contributed by atoms with Crippen molar-refractivity contribution in [2.45, 2.75) is 63.3 Å². The highest BCUT2D eigenvalue weighted by molar-refractivity contribution is 5.84. The highest BCUT2D eigenvalue weighted by Crippen LogP contribution is 2.36. The summed E-state index contributed by atoms with van der Waals surface area (Å²) in [6.45, 7) is 1.70. The molecule has 10 nitrogen and oxygen atoms in total. The lowest BCUT2D eigenvalue weighted by Gasteiger charge is -2.19. The maximum absolute atomic E-state index is 10.4. The maximum Gasteiger partial charge on any atom is 0.320 e. The van der Waals surface area contributed by atoms with Gasteiger partial charge in [0.25, 0.3) is 0 Å². The van der Waals surface area contributed by atoms with Gasteiger partial charge in [-0.15, -0.1) is 0 Å². The molecular formula is C16H24N6O4. The van der Waals surface area contributed by atoms with Crippen LogP contribution >= 0.6 is 0 Å². The predicted molar refractivity (Wildman–Crippen MR) is 93.8 cm³/mol. The molecule has 0 spiro atoms. The molecule has 26 heavy (non-hydrogen) atoms. The van der Waals surface area contributed by atoms with Gasteiger partial charge in [-0.1, -0.05) is 0 Å². The Balaban J connectivity index is 1.78. The van der Waals surface area contributed by atoms with Crippen LogP contribution in [0.1, 0.15) is 38.8 Å². The van der Waals surface area contributed by atoms with E-state index in [9.17, 15) is 10.2 Å². The Hall–Kier alpha value is -2.17. The van der Waals surface area contributed by atoms with Crippen molar-refractivity contribution in [2.75, 3.05) is 18.1 Å². The number of rotatable bonds is 4. The molecule has 1 saturated carbocycles. The van der Waals surface area contributed by atoms with Crippen LogP contribution in [0.3, 0.4) is 0 Å². The Morgan fingerprint density at radius 1 is 1.19 bits per heavy atom. The van der Waals surface area contributed by atoms with E-state index < -0.39 is 24.5 Å². The summed E-state index contributed by atoms with van der Waals surface area (Å²) in [5, 5.41) is 23.4. The van der Waals surface area contributed by atoms with Gasteiger partial charge in [0.2, 0.25) is 5.95 Å². The van der Waals surface area contributed by atoms with Crippen molar-refractivity contribution in [3.05, 3.63) is 0 Å². The van der Waals surface area contributed by atoms with E-state index >= 15 is 0 Å². The number of nitrogens with one attached hydrogen (secondary N) is 1. The van der Waals surface area contributed by atoms with Crippen molar-refractivity contribution in [3.8, 4) is 6.01 Å². The number of nitrogens with two attached hydrogens (primary N) is 1. The first-order valence-corrected chi connectivity index (χ1v) is 8.91. The number of imidazole rings is 1. The largest absolute Gasteiger partial charge is 0.460 e. The van der Waals surface area contributed by atoms with E-state index in [1.165, 1.54) is 0 Å². The fourth-order valence-electron chi connectivity index (χ4n) is 3.64. The SMILES string of the molecule is CNc1nc2c(N)nc(OC3CCCC3)nc2n1[C@@H]1O[C@H](C)[C@@H](O)[C@H]1O. The number of nitrogen functional groups attached to an aromatic ring is 1. The summed E-state index contributed by atoms with van der Waals surface area (Å²) >= 11 is 0. The number of nitrogens with zero attached hydrogens (tertiary/aromatic N) is 4. The van der Waals surface area contributed by atoms with E-state index in [1.54, 1.807) is 18.5 Å². The Bertz CT molecular complexity index is 806. The summed E-state index contributed by atoms with van der Waals surface area (Å²) in [6, 6.07) is 0.187. The molecule has 0 unspecified atom stereocenters. The fourth-order valence-corrected chi connectivity index (χ4v) is 3.64. The number of ether oxygens (including phenoxy) is 2. The summed E-state index contributed by atoms with van der Waals surface area (Å²) in [7, 11) is 1.69. The lowest BCUT2D eigenvalue weighted by molar-refractivity contribution is -0.0287. The van der Waals surface area contributed by atoms with E-state index in [-0.39, 0.29) is 17.9 Å². The minimum atomic E-state index is -1.12. The number of aliphatic hydroxyl groups is 2. The first kappa shape index (κ1) is 17.3. The molecule has 5 N–H and O–H groups in total. The van der Waals surface area contributed by atoms with Crippen molar-refractivity contribution in [3.63, 3.8) is 0 Å². The molecule has 142 valence electrons. The lowest BCUT2D eigenvalue weighted by atomic mass is 10.1. The van der Waals surface area contributed by atoms with Crippen molar-refractivity contribution < 1.29 is 19.7 Å². The van der Waals surface area contributed by atoms with Crippen LogP contribution in [0, 0.1) is 0 Å². The molecule has 2 fully saturated rings. The normalized spacial score (nSPS) is 29.5. The third-order valence-corrected chi connectivity index (χ3v) is 5.08. The van der Waals surface area contributed by atoms with Crippen LogP contribution in [0.5, 0.6) is 6.01 Å². The minimum absolute atomic E-state index is 0.0853. The van der Waals surface area contributed by atoms with Gasteiger partial charge in [0, 0.05) is 7.05 Å². The number of aromatic nitrogens is 4.